The molecule has 9 heteroatoms. The fourth-order valence-electron chi connectivity index (χ4n) is 3.40. The molecule has 0 unspecified atom stereocenters. The molecule has 2 aliphatic rings. The number of nitrogens with zero attached hydrogens (tertiary/aromatic N) is 4. The van der Waals surface area contributed by atoms with Crippen molar-refractivity contribution in [3.8, 4) is 5.75 Å². The Labute approximate surface area is 152 Å². The van der Waals surface area contributed by atoms with Gasteiger partial charge >= 0.3 is 5.97 Å². The van der Waals surface area contributed by atoms with Gasteiger partial charge in [0.15, 0.2) is 18.3 Å². The molecular formula is C17H19FN4O4. The van der Waals surface area contributed by atoms with Crippen LogP contribution in [0.25, 0.3) is 10.9 Å². The molecule has 8 nitrogen and oxygen atoms in total. The lowest BCUT2D eigenvalue weighted by Crippen LogP contribution is -2.46. The van der Waals surface area contributed by atoms with Crippen LogP contribution >= 0.6 is 0 Å². The molecule has 2 aromatic rings. The van der Waals surface area contributed by atoms with Gasteiger partial charge in [-0.3, -0.25) is 14.5 Å². The van der Waals surface area contributed by atoms with Crippen LogP contribution < -0.4 is 20.1 Å². The van der Waals surface area contributed by atoms with E-state index in [2.05, 4.69) is 0 Å². The molecule has 2 aliphatic heterocycles. The van der Waals surface area contributed by atoms with Crippen molar-refractivity contribution in [2.24, 2.45) is 0 Å². The molecule has 0 spiro atoms. The van der Waals surface area contributed by atoms with Gasteiger partial charge in [0.2, 0.25) is 5.43 Å². The van der Waals surface area contributed by atoms with Gasteiger partial charge in [0.1, 0.15) is 16.8 Å². The van der Waals surface area contributed by atoms with E-state index < -0.39 is 29.8 Å². The molecule has 1 aromatic heterocycles. The fraction of sp³-hybridized carbons (Fsp3) is 0.412. The number of hydrogen-bond acceptors (Lipinski definition) is 6. The maximum absolute atomic E-state index is 15.1. The van der Waals surface area contributed by atoms with Crippen LogP contribution in [-0.2, 0) is 0 Å². The van der Waals surface area contributed by atoms with Gasteiger partial charge < -0.3 is 19.6 Å². The number of aromatic carboxylic acids is 1. The molecule has 1 N–H and O–H groups in total. The van der Waals surface area contributed by atoms with E-state index in [-0.39, 0.29) is 55.2 Å². The zero-order chi connectivity index (χ0) is 21.1. The van der Waals surface area contributed by atoms with E-state index in [0.29, 0.717) is 0 Å². The Morgan fingerprint density at radius 2 is 2.08 bits per heavy atom. The van der Waals surface area contributed by atoms with Crippen molar-refractivity contribution in [3.05, 3.63) is 33.9 Å². The number of carboxylic acids is 1. The van der Waals surface area contributed by atoms with Crippen molar-refractivity contribution in [1.29, 1.82) is 0 Å². The molecule has 26 heavy (non-hydrogen) atoms. The molecule has 0 amide bonds. The predicted octanol–water partition coefficient (Wildman–Crippen LogP) is 0.508. The summed E-state index contributed by atoms with van der Waals surface area (Å²) in [6.07, 6.45) is 1.20. The molecule has 4 rings (SSSR count). The number of ether oxygens (including phenoxy) is 1. The van der Waals surface area contributed by atoms with E-state index in [1.807, 2.05) is 0 Å². The van der Waals surface area contributed by atoms with Crippen LogP contribution in [-0.4, -0.2) is 67.6 Å². The molecule has 1 fully saturated rings. The lowest BCUT2D eigenvalue weighted by atomic mass is 10.1. The number of piperazine rings is 1. The summed E-state index contributed by atoms with van der Waals surface area (Å²) < 4.78 is 44.8. The van der Waals surface area contributed by atoms with Crippen LogP contribution in [0.3, 0.4) is 0 Å². The van der Waals surface area contributed by atoms with Crippen molar-refractivity contribution in [1.82, 2.24) is 9.58 Å². The minimum absolute atomic E-state index is 0.0235. The minimum Gasteiger partial charge on any atom is -0.477 e. The standard InChI is InChI=1S/C17H19FN4O4/c1-19-3-5-21(6-4-19)14-12(18)7-10-13-16(14)26-9-20(2)22(13)8-11(15(10)23)17(24)25/h7-8H,3-6,9H2,1-2H3,(H,24,25)/i1+1D3. The predicted molar refractivity (Wildman–Crippen MR) is 94.5 cm³/mol. The highest BCUT2D eigenvalue weighted by atomic mass is 19.1. The number of likely N-dealkylation sites (N-methyl/N-ethyl adjacent to an activating group) is 1. The molecule has 0 radical (unpaired) electrons. The average Bonchev–Trinajstić information content (AvgIpc) is 2.65. The van der Waals surface area contributed by atoms with Gasteiger partial charge in [-0.25, -0.2) is 9.18 Å². The Morgan fingerprint density at radius 1 is 1.35 bits per heavy atom. The first-order valence-corrected chi connectivity index (χ1v) is 8.09. The molecule has 0 aliphatic carbocycles. The van der Waals surface area contributed by atoms with Crippen molar-refractivity contribution >= 4 is 22.6 Å². The second-order valence-corrected chi connectivity index (χ2v) is 6.36. The summed E-state index contributed by atoms with van der Waals surface area (Å²) in [7, 11) is 1.65. The second-order valence-electron chi connectivity index (χ2n) is 6.36. The summed E-state index contributed by atoms with van der Waals surface area (Å²) in [6, 6.07) is 1.03. The number of hydrogen-bond donors (Lipinski definition) is 1. The third-order valence-electron chi connectivity index (χ3n) is 4.74. The average molecular weight is 366 g/mol. The lowest BCUT2D eigenvalue weighted by molar-refractivity contribution is 0.0694. The van der Waals surface area contributed by atoms with Crippen LogP contribution in [0.2, 0.25) is 0 Å². The van der Waals surface area contributed by atoms with Crippen LogP contribution in [0, 0.1) is 5.82 Å². The summed E-state index contributed by atoms with van der Waals surface area (Å²) in [6.45, 7) is -1.21. The largest absolute Gasteiger partial charge is 0.477 e. The number of rotatable bonds is 2. The number of aromatic nitrogens is 1. The van der Waals surface area contributed by atoms with Gasteiger partial charge in [0, 0.05) is 43.5 Å². The topological polar surface area (TPSA) is 78.2 Å². The number of benzene rings is 1. The number of carbonyl (C=O) groups is 1. The maximum Gasteiger partial charge on any atom is 0.341 e. The lowest BCUT2D eigenvalue weighted by Gasteiger charge is -2.37. The fourth-order valence-corrected chi connectivity index (χ4v) is 3.40. The monoisotopic (exact) mass is 366 g/mol. The van der Waals surface area contributed by atoms with Crippen LogP contribution in [0.4, 0.5) is 10.1 Å². The van der Waals surface area contributed by atoms with Gasteiger partial charge in [-0.1, -0.05) is 0 Å². The number of carboxylic acid groups (broad SMARTS) is 1. The summed E-state index contributed by atoms with van der Waals surface area (Å²) in [5.74, 6) is -1.97. The smallest absolute Gasteiger partial charge is 0.341 e. The molecule has 3 heterocycles. The van der Waals surface area contributed by atoms with E-state index in [4.69, 9.17) is 8.85 Å². The minimum atomic E-state index is -2.21. The highest BCUT2D eigenvalue weighted by Gasteiger charge is 2.30. The molecular weight excluding hydrogens is 344 g/mol. The highest BCUT2D eigenvalue weighted by molar-refractivity contribution is 5.97. The normalized spacial score (nSPS) is 19.7. The summed E-state index contributed by atoms with van der Waals surface area (Å²) >= 11 is 0. The van der Waals surface area contributed by atoms with E-state index >= 15 is 4.39 Å². The van der Waals surface area contributed by atoms with Crippen LogP contribution in [0.15, 0.2) is 17.1 Å². The Morgan fingerprint density at radius 3 is 2.73 bits per heavy atom. The first-order valence-electron chi connectivity index (χ1n) is 9.59. The quantitative estimate of drug-likeness (QED) is 0.776. The van der Waals surface area contributed by atoms with E-state index in [1.165, 1.54) is 15.8 Å². The molecule has 138 valence electrons. The number of pyridine rings is 1. The van der Waals surface area contributed by atoms with Crippen LogP contribution in [0.1, 0.15) is 14.5 Å². The Bertz CT molecular complexity index is 1060. The third kappa shape index (κ3) is 2.38. The summed E-state index contributed by atoms with van der Waals surface area (Å²) in [5.41, 5.74) is -0.826. The van der Waals surface area contributed by atoms with Crippen molar-refractivity contribution in [2.45, 2.75) is 0 Å². The number of halogens is 1. The van der Waals surface area contributed by atoms with Gasteiger partial charge in [-0.05, 0) is 13.0 Å². The van der Waals surface area contributed by atoms with Gasteiger partial charge in [0.05, 0.1) is 5.39 Å². The van der Waals surface area contributed by atoms with E-state index in [9.17, 15) is 14.7 Å². The Hall–Kier alpha value is -2.81. The van der Waals surface area contributed by atoms with Crippen LogP contribution in [0.5, 0.6) is 5.75 Å². The Kier molecular flexibility index (Phi) is 3.03. The van der Waals surface area contributed by atoms with E-state index in [1.54, 1.807) is 17.0 Å². The zero-order valence-corrected chi connectivity index (χ0v) is 14.0. The molecule has 0 atom stereocenters. The third-order valence-corrected chi connectivity index (χ3v) is 4.74. The zero-order valence-electron chi connectivity index (χ0n) is 17.0. The van der Waals surface area contributed by atoms with Gasteiger partial charge in [0.25, 0.3) is 0 Å². The SMILES string of the molecule is [2H][13C]([2H])([2H])N1CCN(c2c(F)cc3c(=O)c(C(=O)O)cn4c3c2OCN4C)CC1. The maximum atomic E-state index is 15.1. The Balaban J connectivity index is 1.86. The highest BCUT2D eigenvalue weighted by Crippen LogP contribution is 2.40. The van der Waals surface area contributed by atoms with Crippen molar-refractivity contribution < 1.29 is 23.1 Å². The molecule has 0 bridgehead atoms. The van der Waals surface area contributed by atoms with Gasteiger partial charge in [-0.15, -0.1) is 0 Å². The molecule has 1 aromatic carbocycles. The summed E-state index contributed by atoms with van der Waals surface area (Å²) in [5, 5.41) is 10.8. The van der Waals surface area contributed by atoms with Crippen molar-refractivity contribution in [2.75, 3.05) is 56.8 Å². The molecule has 1 saturated heterocycles. The first-order chi connectivity index (χ1) is 13.6. The number of anilines is 1. The van der Waals surface area contributed by atoms with Gasteiger partial charge in [-0.2, -0.15) is 0 Å². The molecule has 0 saturated carbocycles. The summed E-state index contributed by atoms with van der Waals surface area (Å²) in [4.78, 5) is 27.1. The van der Waals surface area contributed by atoms with Crippen molar-refractivity contribution in [3.63, 3.8) is 0 Å². The first kappa shape index (κ1) is 13.4. The van der Waals surface area contributed by atoms with E-state index in [0.717, 1.165) is 6.07 Å². The second kappa shape index (κ2) is 5.87.